The zero-order chi connectivity index (χ0) is 22.1. The maximum absolute atomic E-state index is 12.9. The Labute approximate surface area is 195 Å². The van der Waals surface area contributed by atoms with Gasteiger partial charge in [0.15, 0.2) is 0 Å². The van der Waals surface area contributed by atoms with Gasteiger partial charge in [0, 0.05) is 30.6 Å². The van der Waals surface area contributed by atoms with Crippen molar-refractivity contribution in [3.05, 3.63) is 34.9 Å². The van der Waals surface area contributed by atoms with Crippen molar-refractivity contribution in [1.29, 1.82) is 0 Å². The van der Waals surface area contributed by atoms with Crippen LogP contribution in [0.15, 0.2) is 24.3 Å². The molecule has 1 aromatic carbocycles. The lowest BCUT2D eigenvalue weighted by molar-refractivity contribution is -0.147. The van der Waals surface area contributed by atoms with E-state index in [1.807, 2.05) is 24.3 Å². The predicted molar refractivity (Wildman–Crippen MR) is 121 cm³/mol. The number of nitrogens with zero attached hydrogens (tertiary/aromatic N) is 1. The van der Waals surface area contributed by atoms with E-state index in [1.54, 1.807) is 0 Å². The van der Waals surface area contributed by atoms with Crippen molar-refractivity contribution < 1.29 is 19.4 Å². The Morgan fingerprint density at radius 2 is 1.88 bits per heavy atom. The highest BCUT2D eigenvalue weighted by molar-refractivity contribution is 6.30. The molecule has 0 bridgehead atoms. The maximum Gasteiger partial charge on any atom is 0.310 e. The van der Waals surface area contributed by atoms with Crippen LogP contribution in [0.5, 0.6) is 0 Å². The number of halogens is 1. The SMILES string of the molecule is C[C@]12CCC[C@@]3(CO3)[C@@H]1C[C@H]1[C@@H](C2)OC(=O)[C@@H]1CN1CCC(O)(c2ccc(Cl)cc2)CC1. The van der Waals surface area contributed by atoms with Crippen LogP contribution < -0.4 is 0 Å². The van der Waals surface area contributed by atoms with Gasteiger partial charge < -0.3 is 19.5 Å². The highest BCUT2D eigenvalue weighted by atomic mass is 35.5. The Balaban J connectivity index is 1.13. The highest BCUT2D eigenvalue weighted by Crippen LogP contribution is 2.62. The van der Waals surface area contributed by atoms with Crippen LogP contribution in [0.4, 0.5) is 0 Å². The molecule has 6 atom stereocenters. The first kappa shape index (κ1) is 21.4. The number of aliphatic hydroxyl groups is 1. The first-order valence-electron chi connectivity index (χ1n) is 12.4. The molecule has 2 saturated carbocycles. The molecule has 6 rings (SSSR count). The first-order valence-corrected chi connectivity index (χ1v) is 12.7. The van der Waals surface area contributed by atoms with Crippen molar-refractivity contribution >= 4 is 17.6 Å². The molecule has 1 spiro atoms. The van der Waals surface area contributed by atoms with Gasteiger partial charge in [-0.2, -0.15) is 0 Å². The fourth-order valence-electron chi connectivity index (χ4n) is 7.60. The Morgan fingerprint density at radius 1 is 1.16 bits per heavy atom. The number of hydrogen-bond acceptors (Lipinski definition) is 5. The summed E-state index contributed by atoms with van der Waals surface area (Å²) in [6.45, 7) is 5.62. The van der Waals surface area contributed by atoms with E-state index >= 15 is 0 Å². The number of carbonyl (C=O) groups excluding carboxylic acids is 1. The summed E-state index contributed by atoms with van der Waals surface area (Å²) in [4.78, 5) is 15.3. The molecule has 1 aromatic rings. The van der Waals surface area contributed by atoms with Gasteiger partial charge in [0.2, 0.25) is 0 Å². The van der Waals surface area contributed by atoms with Crippen LogP contribution in [-0.4, -0.2) is 53.9 Å². The average Bonchev–Trinajstić information content (AvgIpc) is 3.47. The van der Waals surface area contributed by atoms with E-state index in [4.69, 9.17) is 21.1 Å². The van der Waals surface area contributed by atoms with Crippen molar-refractivity contribution in [2.75, 3.05) is 26.2 Å². The van der Waals surface area contributed by atoms with Gasteiger partial charge >= 0.3 is 5.97 Å². The van der Waals surface area contributed by atoms with E-state index in [2.05, 4.69) is 11.8 Å². The summed E-state index contributed by atoms with van der Waals surface area (Å²) in [5.41, 5.74) is 0.449. The number of carbonyl (C=O) groups is 1. The maximum atomic E-state index is 12.9. The number of ether oxygens (including phenoxy) is 2. The van der Waals surface area contributed by atoms with Gasteiger partial charge in [-0.05, 0) is 74.0 Å². The summed E-state index contributed by atoms with van der Waals surface area (Å²) >= 11 is 6.02. The van der Waals surface area contributed by atoms with Gasteiger partial charge in [-0.1, -0.05) is 30.7 Å². The predicted octanol–water partition coefficient (Wildman–Crippen LogP) is 4.15. The molecule has 3 aliphatic heterocycles. The minimum atomic E-state index is -0.815. The Bertz CT molecular complexity index is 892. The summed E-state index contributed by atoms with van der Waals surface area (Å²) in [5, 5.41) is 11.9. The van der Waals surface area contributed by atoms with E-state index in [0.29, 0.717) is 29.7 Å². The molecule has 5 fully saturated rings. The number of esters is 1. The fraction of sp³-hybridized carbons (Fsp3) is 0.731. The van der Waals surface area contributed by atoms with Crippen molar-refractivity contribution in [2.24, 2.45) is 23.2 Å². The van der Waals surface area contributed by atoms with E-state index in [9.17, 15) is 9.90 Å². The third kappa shape index (κ3) is 3.43. The molecule has 0 radical (unpaired) electrons. The number of rotatable bonds is 3. The number of piperidine rings is 1. The van der Waals surface area contributed by atoms with Crippen LogP contribution in [0.1, 0.15) is 57.4 Å². The first-order chi connectivity index (χ1) is 15.3. The van der Waals surface area contributed by atoms with E-state index in [0.717, 1.165) is 44.6 Å². The largest absolute Gasteiger partial charge is 0.462 e. The standard InChI is InChI=1S/C26H34ClNO4/c1-24-7-2-8-26(16-31-26)22(24)13-19-20(23(29)32-21(19)14-24)15-28-11-9-25(30,10-12-28)17-3-5-18(27)6-4-17/h3-6,19-22,30H,2,7-16H2,1H3/t19-,20-,21-,22-,24-,26-/m1/s1. The van der Waals surface area contributed by atoms with E-state index < -0.39 is 5.60 Å². The third-order valence-electron chi connectivity index (χ3n) is 9.60. The molecule has 1 N–H and O–H groups in total. The van der Waals surface area contributed by atoms with Crippen molar-refractivity contribution in [3.8, 4) is 0 Å². The van der Waals surface area contributed by atoms with Crippen molar-refractivity contribution in [2.45, 2.75) is 69.2 Å². The van der Waals surface area contributed by atoms with Gasteiger partial charge in [0.1, 0.15) is 6.10 Å². The fourth-order valence-corrected chi connectivity index (χ4v) is 7.72. The summed E-state index contributed by atoms with van der Waals surface area (Å²) < 4.78 is 12.0. The zero-order valence-corrected chi connectivity index (χ0v) is 19.7. The monoisotopic (exact) mass is 459 g/mol. The molecule has 32 heavy (non-hydrogen) atoms. The smallest absolute Gasteiger partial charge is 0.310 e. The quantitative estimate of drug-likeness (QED) is 0.543. The number of hydrogen-bond donors (Lipinski definition) is 1. The number of epoxide rings is 1. The number of likely N-dealkylation sites (tertiary alicyclic amines) is 1. The second-order valence-corrected chi connectivity index (χ2v) is 11.9. The van der Waals surface area contributed by atoms with Gasteiger partial charge in [0.25, 0.3) is 0 Å². The molecule has 0 amide bonds. The summed E-state index contributed by atoms with van der Waals surface area (Å²) in [7, 11) is 0. The molecule has 0 aromatic heterocycles. The molecule has 3 saturated heterocycles. The number of fused-ring (bicyclic) bond motifs is 3. The van der Waals surface area contributed by atoms with Gasteiger partial charge in [0.05, 0.1) is 23.7 Å². The number of benzene rings is 1. The van der Waals surface area contributed by atoms with Crippen LogP contribution in [0, 0.1) is 23.2 Å². The second kappa shape index (κ2) is 7.43. The Hall–Kier alpha value is -1.14. The topological polar surface area (TPSA) is 62.3 Å². The van der Waals surface area contributed by atoms with Gasteiger partial charge in [-0.25, -0.2) is 0 Å². The second-order valence-electron chi connectivity index (χ2n) is 11.4. The molecular weight excluding hydrogens is 426 g/mol. The average molecular weight is 460 g/mol. The molecule has 174 valence electrons. The lowest BCUT2D eigenvalue weighted by atomic mass is 9.53. The molecule has 5 nitrogen and oxygen atoms in total. The van der Waals surface area contributed by atoms with Crippen LogP contribution in [-0.2, 0) is 19.9 Å². The summed E-state index contributed by atoms with van der Waals surface area (Å²) in [6.07, 6.45) is 7.09. The summed E-state index contributed by atoms with van der Waals surface area (Å²) in [6, 6.07) is 7.54. The van der Waals surface area contributed by atoms with Crippen LogP contribution in [0.25, 0.3) is 0 Å². The highest BCUT2D eigenvalue weighted by Gasteiger charge is 2.65. The van der Waals surface area contributed by atoms with Crippen molar-refractivity contribution in [3.63, 3.8) is 0 Å². The van der Waals surface area contributed by atoms with Crippen LogP contribution in [0.3, 0.4) is 0 Å². The molecule has 0 unspecified atom stereocenters. The van der Waals surface area contributed by atoms with E-state index in [-0.39, 0.29) is 29.0 Å². The Kier molecular flexibility index (Phi) is 4.97. The normalized spacial score (nSPS) is 42.9. The van der Waals surface area contributed by atoms with Gasteiger partial charge in [-0.3, -0.25) is 4.79 Å². The Morgan fingerprint density at radius 3 is 2.56 bits per heavy atom. The van der Waals surface area contributed by atoms with E-state index in [1.165, 1.54) is 19.3 Å². The minimum Gasteiger partial charge on any atom is -0.462 e. The molecule has 2 aliphatic carbocycles. The van der Waals surface area contributed by atoms with Crippen LogP contribution in [0.2, 0.25) is 5.02 Å². The lowest BCUT2D eigenvalue weighted by Gasteiger charge is -2.51. The molecular formula is C26H34ClNO4. The molecule has 3 heterocycles. The minimum absolute atomic E-state index is 0.00783. The third-order valence-corrected chi connectivity index (χ3v) is 9.85. The zero-order valence-electron chi connectivity index (χ0n) is 18.9. The molecule has 6 heteroatoms. The van der Waals surface area contributed by atoms with Crippen LogP contribution >= 0.6 is 11.6 Å². The lowest BCUT2D eigenvalue weighted by Crippen LogP contribution is -2.51. The van der Waals surface area contributed by atoms with Gasteiger partial charge in [-0.15, -0.1) is 0 Å². The molecule has 5 aliphatic rings. The van der Waals surface area contributed by atoms with Crippen molar-refractivity contribution in [1.82, 2.24) is 4.90 Å². The summed E-state index contributed by atoms with van der Waals surface area (Å²) in [5.74, 6) is 0.797.